The summed E-state index contributed by atoms with van der Waals surface area (Å²) in [5.41, 5.74) is 0.363. The van der Waals surface area contributed by atoms with Gasteiger partial charge in [-0.1, -0.05) is 30.6 Å². The Balaban J connectivity index is 1.54. The third-order valence-electron chi connectivity index (χ3n) is 3.92. The lowest BCUT2D eigenvalue weighted by atomic mass is 9.82. The molecule has 0 saturated heterocycles. The molecule has 0 atom stereocenters. The minimum absolute atomic E-state index is 0.145. The largest absolute Gasteiger partial charge is 0.389 e. The number of hydrogen-bond acceptors (Lipinski definition) is 6. The number of anilines is 1. The molecule has 118 valence electrons. The number of nitrogens with one attached hydrogen (secondary N) is 1. The maximum Gasteiger partial charge on any atom is 0.229 e. The minimum atomic E-state index is -0.841. The first-order valence-electron chi connectivity index (χ1n) is 7.49. The fourth-order valence-corrected chi connectivity index (χ4v) is 4.25. The molecule has 1 aliphatic carbocycles. The predicted octanol–water partition coefficient (Wildman–Crippen LogP) is 3.21. The van der Waals surface area contributed by atoms with Crippen LogP contribution in [-0.4, -0.2) is 26.8 Å². The molecule has 0 unspecified atom stereocenters. The average molecular weight is 337 g/mol. The second-order valence-electron chi connectivity index (χ2n) is 5.82. The second kappa shape index (κ2) is 6.85. The summed E-state index contributed by atoms with van der Waals surface area (Å²) in [7, 11) is 0. The van der Waals surface area contributed by atoms with Crippen molar-refractivity contribution in [3.63, 3.8) is 0 Å². The summed E-state index contributed by atoms with van der Waals surface area (Å²) in [5, 5.41) is 26.8. The number of aliphatic hydroxyl groups is 1. The molecule has 0 spiro atoms. The lowest BCUT2D eigenvalue weighted by molar-refractivity contribution is -0.122. The molecule has 1 saturated carbocycles. The van der Waals surface area contributed by atoms with Gasteiger partial charge in [0, 0.05) is 6.42 Å². The molecule has 2 heterocycles. The van der Waals surface area contributed by atoms with Gasteiger partial charge in [0.15, 0.2) is 0 Å². The highest BCUT2D eigenvalue weighted by Gasteiger charge is 2.31. The summed E-state index contributed by atoms with van der Waals surface area (Å²) in [6.45, 7) is 0. The van der Waals surface area contributed by atoms with Crippen molar-refractivity contribution in [2.45, 2.75) is 50.5 Å². The SMILES string of the molecule is O=C(CC1(O)CCCCC1)Nc1nnc(Cc2ccsc2)s1. The smallest absolute Gasteiger partial charge is 0.229 e. The molecule has 2 N–H and O–H groups in total. The van der Waals surface area contributed by atoms with Crippen LogP contribution in [0.15, 0.2) is 16.8 Å². The van der Waals surface area contributed by atoms with Crippen LogP contribution >= 0.6 is 22.7 Å². The van der Waals surface area contributed by atoms with Crippen LogP contribution in [0.3, 0.4) is 0 Å². The number of aromatic nitrogens is 2. The number of hydrogen-bond donors (Lipinski definition) is 2. The predicted molar refractivity (Wildman–Crippen MR) is 88.3 cm³/mol. The standard InChI is InChI=1S/C15H19N3O2S2/c19-12(9-15(20)5-2-1-3-6-15)16-14-18-17-13(22-14)8-11-4-7-21-10-11/h4,7,10,20H,1-3,5-6,8-9H2,(H,16,18,19). The van der Waals surface area contributed by atoms with E-state index < -0.39 is 5.60 Å². The van der Waals surface area contributed by atoms with Gasteiger partial charge in [0.1, 0.15) is 5.01 Å². The van der Waals surface area contributed by atoms with Crippen molar-refractivity contribution in [3.8, 4) is 0 Å². The Hall–Kier alpha value is -1.31. The molecule has 1 fully saturated rings. The zero-order valence-corrected chi connectivity index (χ0v) is 13.9. The fourth-order valence-electron chi connectivity index (χ4n) is 2.79. The van der Waals surface area contributed by atoms with Crippen molar-refractivity contribution in [2.75, 3.05) is 5.32 Å². The summed E-state index contributed by atoms with van der Waals surface area (Å²) in [4.78, 5) is 12.1. The van der Waals surface area contributed by atoms with E-state index in [0.717, 1.165) is 30.7 Å². The lowest BCUT2D eigenvalue weighted by Crippen LogP contribution is -2.35. The van der Waals surface area contributed by atoms with E-state index in [4.69, 9.17) is 0 Å². The Kier molecular flexibility index (Phi) is 4.85. The maximum absolute atomic E-state index is 12.1. The van der Waals surface area contributed by atoms with Crippen molar-refractivity contribution in [1.29, 1.82) is 0 Å². The molecule has 0 bridgehead atoms. The van der Waals surface area contributed by atoms with Gasteiger partial charge in [-0.05, 0) is 35.2 Å². The normalized spacial score (nSPS) is 17.3. The molecule has 5 nitrogen and oxygen atoms in total. The zero-order chi connectivity index (χ0) is 15.4. The van der Waals surface area contributed by atoms with Gasteiger partial charge in [-0.3, -0.25) is 4.79 Å². The molecule has 0 aromatic carbocycles. The minimum Gasteiger partial charge on any atom is -0.389 e. The summed E-state index contributed by atoms with van der Waals surface area (Å²) in [6.07, 6.45) is 5.43. The summed E-state index contributed by atoms with van der Waals surface area (Å²) >= 11 is 3.04. The molecular formula is C15H19N3O2S2. The van der Waals surface area contributed by atoms with E-state index in [1.54, 1.807) is 11.3 Å². The number of carbonyl (C=O) groups is 1. The van der Waals surface area contributed by atoms with Crippen molar-refractivity contribution < 1.29 is 9.90 Å². The molecule has 1 amide bonds. The van der Waals surface area contributed by atoms with Crippen molar-refractivity contribution in [3.05, 3.63) is 27.4 Å². The van der Waals surface area contributed by atoms with Crippen LogP contribution in [0.4, 0.5) is 5.13 Å². The number of amides is 1. The van der Waals surface area contributed by atoms with Crippen LogP contribution < -0.4 is 5.32 Å². The molecule has 3 rings (SSSR count). The van der Waals surface area contributed by atoms with Gasteiger partial charge in [-0.2, -0.15) is 11.3 Å². The van der Waals surface area contributed by atoms with E-state index in [2.05, 4.69) is 27.0 Å². The Bertz CT molecular complexity index is 619. The third kappa shape index (κ3) is 4.12. The Morgan fingerprint density at radius 2 is 2.14 bits per heavy atom. The first-order valence-corrected chi connectivity index (χ1v) is 9.25. The van der Waals surface area contributed by atoms with Crippen LogP contribution in [0.25, 0.3) is 0 Å². The van der Waals surface area contributed by atoms with Gasteiger partial charge < -0.3 is 10.4 Å². The number of thiophene rings is 1. The average Bonchev–Trinajstić information content (AvgIpc) is 3.11. The third-order valence-corrected chi connectivity index (χ3v) is 5.49. The van der Waals surface area contributed by atoms with E-state index in [9.17, 15) is 9.90 Å². The van der Waals surface area contributed by atoms with Crippen molar-refractivity contribution in [2.24, 2.45) is 0 Å². The monoisotopic (exact) mass is 337 g/mol. The summed E-state index contributed by atoms with van der Waals surface area (Å²) in [6, 6.07) is 2.06. The van der Waals surface area contributed by atoms with Crippen LogP contribution in [0.2, 0.25) is 0 Å². The van der Waals surface area contributed by atoms with Gasteiger partial charge >= 0.3 is 0 Å². The first kappa shape index (κ1) is 15.6. The van der Waals surface area contributed by atoms with Crippen molar-refractivity contribution >= 4 is 33.7 Å². The molecule has 7 heteroatoms. The first-order chi connectivity index (χ1) is 10.6. The van der Waals surface area contributed by atoms with E-state index in [1.165, 1.54) is 16.9 Å². The van der Waals surface area contributed by atoms with Gasteiger partial charge in [-0.25, -0.2) is 0 Å². The van der Waals surface area contributed by atoms with E-state index >= 15 is 0 Å². The number of carbonyl (C=O) groups excluding carboxylic acids is 1. The molecule has 1 aliphatic rings. The summed E-state index contributed by atoms with van der Waals surface area (Å²) in [5.74, 6) is -0.178. The van der Waals surface area contributed by atoms with Crippen LogP contribution in [-0.2, 0) is 11.2 Å². The molecule has 0 aliphatic heterocycles. The van der Waals surface area contributed by atoms with Gasteiger partial charge in [0.2, 0.25) is 11.0 Å². The highest BCUT2D eigenvalue weighted by molar-refractivity contribution is 7.15. The quantitative estimate of drug-likeness (QED) is 0.878. The van der Waals surface area contributed by atoms with Gasteiger partial charge in [0.05, 0.1) is 12.0 Å². The topological polar surface area (TPSA) is 75.1 Å². The number of rotatable bonds is 5. The van der Waals surface area contributed by atoms with E-state index in [0.29, 0.717) is 18.0 Å². The molecule has 22 heavy (non-hydrogen) atoms. The van der Waals surface area contributed by atoms with Crippen LogP contribution in [0.5, 0.6) is 0 Å². The van der Waals surface area contributed by atoms with Crippen molar-refractivity contribution in [1.82, 2.24) is 10.2 Å². The highest BCUT2D eigenvalue weighted by atomic mass is 32.1. The summed E-state index contributed by atoms with van der Waals surface area (Å²) < 4.78 is 0. The van der Waals surface area contributed by atoms with Crippen LogP contribution in [0, 0.1) is 0 Å². The molecule has 0 radical (unpaired) electrons. The van der Waals surface area contributed by atoms with E-state index in [1.807, 2.05) is 5.38 Å². The molecule has 2 aromatic rings. The van der Waals surface area contributed by atoms with E-state index in [-0.39, 0.29) is 12.3 Å². The highest BCUT2D eigenvalue weighted by Crippen LogP contribution is 2.31. The second-order valence-corrected chi connectivity index (χ2v) is 7.66. The zero-order valence-electron chi connectivity index (χ0n) is 12.2. The molecule has 2 aromatic heterocycles. The van der Waals surface area contributed by atoms with Gasteiger partial charge in [0.25, 0.3) is 0 Å². The lowest BCUT2D eigenvalue weighted by Gasteiger charge is -2.31. The van der Waals surface area contributed by atoms with Crippen LogP contribution in [0.1, 0.15) is 49.1 Å². The Morgan fingerprint density at radius 1 is 1.32 bits per heavy atom. The Morgan fingerprint density at radius 3 is 2.86 bits per heavy atom. The van der Waals surface area contributed by atoms with Gasteiger partial charge in [-0.15, -0.1) is 10.2 Å². The number of nitrogens with zero attached hydrogens (tertiary/aromatic N) is 2. The maximum atomic E-state index is 12.1. The Labute approximate surface area is 137 Å². The molecular weight excluding hydrogens is 318 g/mol. The fraction of sp³-hybridized carbons (Fsp3) is 0.533.